The van der Waals surface area contributed by atoms with E-state index in [9.17, 15) is 9.59 Å². The molecular weight excluding hydrogens is 308 g/mol. The quantitative estimate of drug-likeness (QED) is 0.867. The molecule has 0 aliphatic carbocycles. The van der Waals surface area contributed by atoms with Crippen LogP contribution in [0.1, 0.15) is 33.3 Å². The third-order valence-corrected chi connectivity index (χ3v) is 3.12. The summed E-state index contributed by atoms with van der Waals surface area (Å²) in [5.41, 5.74) is 0.584. The minimum atomic E-state index is -0.548. The van der Waals surface area contributed by atoms with Crippen molar-refractivity contribution in [2.24, 2.45) is 0 Å². The van der Waals surface area contributed by atoms with Crippen molar-refractivity contribution in [3.63, 3.8) is 0 Å². The first-order valence-electron chi connectivity index (χ1n) is 8.00. The number of alkyl carbamates (subject to hydrolysis) is 1. The monoisotopic (exact) mass is 336 g/mol. The van der Waals surface area contributed by atoms with Crippen LogP contribution in [-0.2, 0) is 9.53 Å². The lowest BCUT2D eigenvalue weighted by Crippen LogP contribution is -2.45. The largest absolute Gasteiger partial charge is 0.484 e. The van der Waals surface area contributed by atoms with Crippen LogP contribution in [0.3, 0.4) is 0 Å². The van der Waals surface area contributed by atoms with Crippen LogP contribution >= 0.6 is 0 Å². The smallest absolute Gasteiger partial charge is 0.407 e. The van der Waals surface area contributed by atoms with Crippen LogP contribution in [0.4, 0.5) is 4.79 Å². The van der Waals surface area contributed by atoms with Gasteiger partial charge in [0.25, 0.3) is 5.91 Å². The number of rotatable bonds is 6. The fourth-order valence-corrected chi connectivity index (χ4v) is 1.96. The summed E-state index contributed by atoms with van der Waals surface area (Å²) in [7, 11) is 1.67. The van der Waals surface area contributed by atoms with E-state index >= 15 is 0 Å². The molecule has 1 rings (SSSR count). The second kappa shape index (κ2) is 8.57. The number of carbonyl (C=O) groups is 2. The SMILES string of the molecule is Cc1ccc(OCC(=O)N(C)C[C@@H](C)NC(=O)OC(C)(C)C)cc1. The second-order valence-corrected chi connectivity index (χ2v) is 6.92. The number of hydrogen-bond acceptors (Lipinski definition) is 4. The Bertz CT molecular complexity index is 549. The van der Waals surface area contributed by atoms with E-state index in [0.717, 1.165) is 5.56 Å². The summed E-state index contributed by atoms with van der Waals surface area (Å²) in [5, 5.41) is 2.71. The number of ether oxygens (including phenoxy) is 2. The molecule has 0 saturated carbocycles. The molecule has 6 heteroatoms. The van der Waals surface area contributed by atoms with E-state index in [1.54, 1.807) is 27.8 Å². The molecule has 0 aromatic heterocycles. The molecule has 1 N–H and O–H groups in total. The third-order valence-electron chi connectivity index (χ3n) is 3.12. The summed E-state index contributed by atoms with van der Waals surface area (Å²) in [6.45, 7) is 9.53. The Labute approximate surface area is 144 Å². The van der Waals surface area contributed by atoms with Crippen LogP contribution in [0, 0.1) is 6.92 Å². The molecule has 0 fully saturated rings. The first-order valence-corrected chi connectivity index (χ1v) is 8.00. The molecule has 134 valence electrons. The van der Waals surface area contributed by atoms with Gasteiger partial charge in [-0.25, -0.2) is 4.79 Å². The molecule has 0 aliphatic rings. The average molecular weight is 336 g/mol. The van der Waals surface area contributed by atoms with Gasteiger partial charge in [0.1, 0.15) is 11.4 Å². The maximum Gasteiger partial charge on any atom is 0.407 e. The lowest BCUT2D eigenvalue weighted by atomic mass is 10.2. The van der Waals surface area contributed by atoms with Crippen molar-refractivity contribution in [1.29, 1.82) is 0 Å². The Balaban J connectivity index is 2.37. The maximum absolute atomic E-state index is 12.1. The van der Waals surface area contributed by atoms with Gasteiger partial charge in [0.05, 0.1) is 0 Å². The highest BCUT2D eigenvalue weighted by atomic mass is 16.6. The summed E-state index contributed by atoms with van der Waals surface area (Å²) in [6.07, 6.45) is -0.494. The van der Waals surface area contributed by atoms with E-state index in [4.69, 9.17) is 9.47 Å². The Morgan fingerprint density at radius 3 is 2.33 bits per heavy atom. The number of benzene rings is 1. The molecule has 0 bridgehead atoms. The van der Waals surface area contributed by atoms with Crippen LogP contribution in [-0.4, -0.2) is 48.7 Å². The van der Waals surface area contributed by atoms with Gasteiger partial charge in [0.2, 0.25) is 0 Å². The van der Waals surface area contributed by atoms with Crippen LogP contribution in [0.25, 0.3) is 0 Å². The van der Waals surface area contributed by atoms with E-state index in [1.807, 2.05) is 38.1 Å². The van der Waals surface area contributed by atoms with Gasteiger partial charge in [-0.15, -0.1) is 0 Å². The Hall–Kier alpha value is -2.24. The number of amides is 2. The summed E-state index contributed by atoms with van der Waals surface area (Å²) in [5.74, 6) is 0.496. The van der Waals surface area contributed by atoms with Gasteiger partial charge in [-0.1, -0.05) is 17.7 Å². The minimum absolute atomic E-state index is 0.0429. The summed E-state index contributed by atoms with van der Waals surface area (Å²) >= 11 is 0. The fraction of sp³-hybridized carbons (Fsp3) is 0.556. The average Bonchev–Trinajstić information content (AvgIpc) is 2.43. The highest BCUT2D eigenvalue weighted by molar-refractivity contribution is 5.77. The maximum atomic E-state index is 12.1. The summed E-state index contributed by atoms with van der Waals surface area (Å²) in [6, 6.07) is 7.28. The van der Waals surface area contributed by atoms with Crippen molar-refractivity contribution in [2.75, 3.05) is 20.2 Å². The van der Waals surface area contributed by atoms with Crippen LogP contribution < -0.4 is 10.1 Å². The highest BCUT2D eigenvalue weighted by Crippen LogP contribution is 2.11. The Morgan fingerprint density at radius 2 is 1.79 bits per heavy atom. The molecule has 24 heavy (non-hydrogen) atoms. The molecule has 1 aromatic rings. The van der Waals surface area contributed by atoms with Crippen molar-refractivity contribution < 1.29 is 19.1 Å². The van der Waals surface area contributed by atoms with E-state index in [1.165, 1.54) is 4.90 Å². The predicted octanol–water partition coefficient (Wildman–Crippen LogP) is 2.75. The highest BCUT2D eigenvalue weighted by Gasteiger charge is 2.19. The van der Waals surface area contributed by atoms with Crippen molar-refractivity contribution in [3.8, 4) is 5.75 Å². The van der Waals surface area contributed by atoms with E-state index in [0.29, 0.717) is 12.3 Å². The molecule has 0 heterocycles. The van der Waals surface area contributed by atoms with E-state index in [2.05, 4.69) is 5.32 Å². The van der Waals surface area contributed by atoms with E-state index < -0.39 is 11.7 Å². The zero-order valence-electron chi connectivity index (χ0n) is 15.4. The van der Waals surface area contributed by atoms with Gasteiger partial charge in [0, 0.05) is 19.6 Å². The third kappa shape index (κ3) is 7.85. The predicted molar refractivity (Wildman–Crippen MR) is 93.1 cm³/mol. The van der Waals surface area contributed by atoms with Crippen molar-refractivity contribution in [3.05, 3.63) is 29.8 Å². The zero-order chi connectivity index (χ0) is 18.3. The molecule has 0 spiro atoms. The van der Waals surface area contributed by atoms with Crippen LogP contribution in [0.2, 0.25) is 0 Å². The van der Waals surface area contributed by atoms with Gasteiger partial charge in [-0.05, 0) is 46.8 Å². The molecule has 0 saturated heterocycles. The van der Waals surface area contributed by atoms with Crippen molar-refractivity contribution >= 4 is 12.0 Å². The molecule has 0 aliphatic heterocycles. The lowest BCUT2D eigenvalue weighted by molar-refractivity contribution is -0.132. The molecular formula is C18H28N2O4. The molecule has 1 aromatic carbocycles. The number of carbonyl (C=O) groups excluding carboxylic acids is 2. The number of hydrogen-bond donors (Lipinski definition) is 1. The van der Waals surface area contributed by atoms with Crippen molar-refractivity contribution in [2.45, 2.75) is 46.3 Å². The Kier molecular flexibility index (Phi) is 7.07. The molecule has 2 amide bonds. The van der Waals surface area contributed by atoms with Crippen molar-refractivity contribution in [1.82, 2.24) is 10.2 Å². The number of likely N-dealkylation sites (N-methyl/N-ethyl adjacent to an activating group) is 1. The molecule has 0 unspecified atom stereocenters. The summed E-state index contributed by atoms with van der Waals surface area (Å²) in [4.78, 5) is 25.3. The van der Waals surface area contributed by atoms with Gasteiger partial charge < -0.3 is 19.7 Å². The first kappa shape index (κ1) is 19.8. The van der Waals surface area contributed by atoms with Gasteiger partial charge in [-0.3, -0.25) is 4.79 Å². The Morgan fingerprint density at radius 1 is 1.21 bits per heavy atom. The van der Waals surface area contributed by atoms with Gasteiger partial charge in [0.15, 0.2) is 6.61 Å². The molecule has 6 nitrogen and oxygen atoms in total. The molecule has 1 atom stereocenters. The van der Waals surface area contributed by atoms with Gasteiger partial charge in [-0.2, -0.15) is 0 Å². The normalized spacial score (nSPS) is 12.2. The van der Waals surface area contributed by atoms with Gasteiger partial charge >= 0.3 is 6.09 Å². The standard InChI is InChI=1S/C18H28N2O4/c1-13-7-9-15(10-8-13)23-12-16(21)20(6)11-14(2)19-17(22)24-18(3,4)5/h7-10,14H,11-12H2,1-6H3,(H,19,22)/t14-/m1/s1. The molecule has 0 radical (unpaired) electrons. The number of nitrogens with zero attached hydrogens (tertiary/aromatic N) is 1. The number of nitrogens with one attached hydrogen (secondary N) is 1. The van der Waals surface area contributed by atoms with Crippen LogP contribution in [0.5, 0.6) is 5.75 Å². The first-order chi connectivity index (χ1) is 11.1. The summed E-state index contributed by atoms with van der Waals surface area (Å²) < 4.78 is 10.7. The number of aryl methyl sites for hydroxylation is 1. The minimum Gasteiger partial charge on any atom is -0.484 e. The van der Waals surface area contributed by atoms with Crippen LogP contribution in [0.15, 0.2) is 24.3 Å². The zero-order valence-corrected chi connectivity index (χ0v) is 15.4. The topological polar surface area (TPSA) is 67.9 Å². The lowest BCUT2D eigenvalue weighted by Gasteiger charge is -2.25. The second-order valence-electron chi connectivity index (χ2n) is 6.92. The van der Waals surface area contributed by atoms with E-state index in [-0.39, 0.29) is 18.6 Å². The fourth-order valence-electron chi connectivity index (χ4n) is 1.96.